The first kappa shape index (κ1) is 20.7. The van der Waals surface area contributed by atoms with Gasteiger partial charge in [0.05, 0.1) is 16.6 Å². The lowest BCUT2D eigenvalue weighted by Crippen LogP contribution is -2.41. The van der Waals surface area contributed by atoms with Crippen molar-refractivity contribution >= 4 is 46.6 Å². The summed E-state index contributed by atoms with van der Waals surface area (Å²) in [5, 5.41) is 3.39. The number of anilines is 1. The first-order valence-electron chi connectivity index (χ1n) is 8.71. The molecule has 1 unspecified atom stereocenters. The first-order chi connectivity index (χ1) is 11.9. The fourth-order valence-corrected chi connectivity index (χ4v) is 5.53. The SMILES string of the molecule is CC/C=C(/Cl)Sc1cc2c(c(C)c1C)N(C)C(NCC(=O)CCC)S2. The predicted molar refractivity (Wildman–Crippen MR) is 112 cm³/mol. The number of allylic oxidation sites excluding steroid dienone is 1. The van der Waals surface area contributed by atoms with E-state index in [1.165, 1.54) is 26.6 Å². The fourth-order valence-electron chi connectivity index (χ4n) is 2.85. The van der Waals surface area contributed by atoms with E-state index in [-0.39, 0.29) is 11.3 Å². The number of hydrogen-bond acceptors (Lipinski definition) is 5. The maximum absolute atomic E-state index is 11.8. The number of fused-ring (bicyclic) bond motifs is 1. The third-order valence-corrected chi connectivity index (χ3v) is 6.96. The van der Waals surface area contributed by atoms with E-state index < -0.39 is 0 Å². The number of halogens is 1. The molecule has 3 nitrogen and oxygen atoms in total. The van der Waals surface area contributed by atoms with Crippen LogP contribution in [-0.2, 0) is 4.79 Å². The van der Waals surface area contributed by atoms with Crippen LogP contribution in [-0.4, -0.2) is 24.9 Å². The quantitative estimate of drug-likeness (QED) is 0.570. The minimum absolute atomic E-state index is 0.0933. The van der Waals surface area contributed by atoms with Gasteiger partial charge < -0.3 is 4.90 Å². The van der Waals surface area contributed by atoms with E-state index in [1.807, 2.05) is 13.0 Å². The van der Waals surface area contributed by atoms with Crippen molar-refractivity contribution in [2.45, 2.75) is 62.2 Å². The summed E-state index contributed by atoms with van der Waals surface area (Å²) in [4.78, 5) is 16.5. The van der Waals surface area contributed by atoms with Gasteiger partial charge in [0, 0.05) is 23.3 Å². The van der Waals surface area contributed by atoms with Gasteiger partial charge in [0.1, 0.15) is 11.3 Å². The third-order valence-electron chi connectivity index (χ3n) is 4.30. The largest absolute Gasteiger partial charge is 0.349 e. The average molecular weight is 399 g/mol. The summed E-state index contributed by atoms with van der Waals surface area (Å²) >= 11 is 9.71. The van der Waals surface area contributed by atoms with Gasteiger partial charge >= 0.3 is 0 Å². The molecule has 25 heavy (non-hydrogen) atoms. The number of Topliss-reactive ketones (excluding diaryl/α,β-unsaturated/α-hetero) is 1. The van der Waals surface area contributed by atoms with Crippen LogP contribution in [0.1, 0.15) is 44.2 Å². The molecule has 0 fully saturated rings. The third kappa shape index (κ3) is 4.97. The molecule has 6 heteroatoms. The Balaban J connectivity index is 2.19. The molecule has 0 aliphatic carbocycles. The van der Waals surface area contributed by atoms with E-state index in [0.717, 1.165) is 17.2 Å². The number of thioether (sulfide) groups is 2. The fraction of sp³-hybridized carbons (Fsp3) is 0.526. The van der Waals surface area contributed by atoms with Gasteiger partial charge in [-0.2, -0.15) is 0 Å². The van der Waals surface area contributed by atoms with Crippen LogP contribution in [0.3, 0.4) is 0 Å². The highest BCUT2D eigenvalue weighted by molar-refractivity contribution is 8.04. The van der Waals surface area contributed by atoms with Crippen molar-refractivity contribution in [3.8, 4) is 0 Å². The van der Waals surface area contributed by atoms with E-state index in [0.29, 0.717) is 13.0 Å². The van der Waals surface area contributed by atoms with Gasteiger partial charge in [-0.15, -0.1) is 0 Å². The molecular weight excluding hydrogens is 372 g/mol. The Bertz CT molecular complexity index is 676. The molecule has 1 aliphatic heterocycles. The highest BCUT2D eigenvalue weighted by Crippen LogP contribution is 2.48. The molecule has 1 aromatic carbocycles. The average Bonchev–Trinajstić information content (AvgIpc) is 2.87. The number of hydrogen-bond donors (Lipinski definition) is 1. The van der Waals surface area contributed by atoms with Gasteiger partial charge in [-0.05, 0) is 43.9 Å². The molecule has 0 saturated carbocycles. The zero-order valence-corrected chi connectivity index (χ0v) is 18.0. The Kier molecular flexibility index (Phi) is 7.74. The second kappa shape index (κ2) is 9.36. The predicted octanol–water partition coefficient (Wildman–Crippen LogP) is 5.67. The molecule has 2 rings (SSSR count). The smallest absolute Gasteiger partial charge is 0.146 e. The van der Waals surface area contributed by atoms with Gasteiger partial charge in [-0.25, -0.2) is 0 Å². The van der Waals surface area contributed by atoms with Crippen molar-refractivity contribution in [3.63, 3.8) is 0 Å². The van der Waals surface area contributed by atoms with Crippen LogP contribution in [0, 0.1) is 13.8 Å². The van der Waals surface area contributed by atoms with E-state index in [2.05, 4.69) is 44.1 Å². The molecule has 0 saturated heterocycles. The van der Waals surface area contributed by atoms with Crippen LogP contribution in [0.15, 0.2) is 26.3 Å². The summed E-state index contributed by atoms with van der Waals surface area (Å²) in [6.45, 7) is 8.86. The second-order valence-corrected chi connectivity index (χ2v) is 9.08. The molecule has 1 N–H and O–H groups in total. The molecule has 1 atom stereocenters. The summed E-state index contributed by atoms with van der Waals surface area (Å²) in [6, 6.07) is 2.23. The lowest BCUT2D eigenvalue weighted by atomic mass is 10.1. The van der Waals surface area contributed by atoms with Crippen molar-refractivity contribution in [1.29, 1.82) is 0 Å². The van der Waals surface area contributed by atoms with Gasteiger partial charge in [0.2, 0.25) is 0 Å². The van der Waals surface area contributed by atoms with Crippen LogP contribution < -0.4 is 10.2 Å². The number of carbonyl (C=O) groups is 1. The zero-order chi connectivity index (χ0) is 18.6. The van der Waals surface area contributed by atoms with Crippen LogP contribution in [0.2, 0.25) is 0 Å². The van der Waals surface area contributed by atoms with Crippen molar-refractivity contribution in [1.82, 2.24) is 5.32 Å². The topological polar surface area (TPSA) is 32.3 Å². The first-order valence-corrected chi connectivity index (χ1v) is 10.8. The molecule has 1 aromatic rings. The second-order valence-electron chi connectivity index (χ2n) is 6.24. The Morgan fingerprint density at radius 1 is 1.40 bits per heavy atom. The maximum Gasteiger partial charge on any atom is 0.146 e. The van der Waals surface area contributed by atoms with Gasteiger partial charge in [0.25, 0.3) is 0 Å². The van der Waals surface area contributed by atoms with Crippen molar-refractivity contribution in [2.24, 2.45) is 0 Å². The van der Waals surface area contributed by atoms with Gasteiger partial charge in [0.15, 0.2) is 0 Å². The van der Waals surface area contributed by atoms with Gasteiger partial charge in [-0.1, -0.05) is 55.0 Å². The molecule has 0 spiro atoms. The number of benzene rings is 1. The minimum atomic E-state index is 0.0933. The standard InChI is InChI=1S/C19H27ClN2OS2/c1-6-8-14(23)11-21-19-22(5)18-13(4)12(3)15(10-16(18)25-19)24-17(20)9-7-2/h9-10,19,21H,6-8,11H2,1-5H3/b17-9-. The molecular formula is C19H27ClN2OS2. The number of rotatable bonds is 8. The Labute approximate surface area is 165 Å². The minimum Gasteiger partial charge on any atom is -0.349 e. The summed E-state index contributed by atoms with van der Waals surface area (Å²) < 4.78 is 0.820. The Morgan fingerprint density at radius 3 is 2.76 bits per heavy atom. The molecule has 0 aromatic heterocycles. The molecule has 0 bridgehead atoms. The Hall–Kier alpha value is -0.620. The number of nitrogens with zero attached hydrogens (tertiary/aromatic N) is 1. The van der Waals surface area contributed by atoms with Crippen LogP contribution in [0.5, 0.6) is 0 Å². The number of nitrogens with one attached hydrogen (secondary N) is 1. The lowest BCUT2D eigenvalue weighted by molar-refractivity contribution is -0.118. The monoisotopic (exact) mass is 398 g/mol. The highest BCUT2D eigenvalue weighted by atomic mass is 35.5. The van der Waals surface area contributed by atoms with Crippen molar-refractivity contribution in [3.05, 3.63) is 27.6 Å². The summed E-state index contributed by atoms with van der Waals surface area (Å²) in [5.41, 5.74) is 3.89. The maximum atomic E-state index is 11.8. The molecule has 1 aliphatic rings. The molecule has 0 radical (unpaired) electrons. The van der Waals surface area contributed by atoms with Crippen LogP contribution >= 0.6 is 35.1 Å². The number of carbonyl (C=O) groups excluding carboxylic acids is 1. The summed E-state index contributed by atoms with van der Waals surface area (Å²) in [5.74, 6) is 0.271. The van der Waals surface area contributed by atoms with E-state index in [4.69, 9.17) is 11.6 Å². The lowest BCUT2D eigenvalue weighted by Gasteiger charge is -2.24. The van der Waals surface area contributed by atoms with Gasteiger partial charge in [-0.3, -0.25) is 10.1 Å². The van der Waals surface area contributed by atoms with E-state index in [9.17, 15) is 4.79 Å². The van der Waals surface area contributed by atoms with E-state index in [1.54, 1.807) is 23.5 Å². The van der Waals surface area contributed by atoms with Crippen molar-refractivity contribution in [2.75, 3.05) is 18.5 Å². The molecule has 1 heterocycles. The van der Waals surface area contributed by atoms with Crippen molar-refractivity contribution < 1.29 is 4.79 Å². The van der Waals surface area contributed by atoms with Crippen LogP contribution in [0.25, 0.3) is 0 Å². The summed E-state index contributed by atoms with van der Waals surface area (Å²) in [6.07, 6.45) is 4.52. The Morgan fingerprint density at radius 2 is 2.12 bits per heavy atom. The molecule has 138 valence electrons. The number of ketones is 1. The zero-order valence-electron chi connectivity index (χ0n) is 15.6. The highest BCUT2D eigenvalue weighted by Gasteiger charge is 2.30. The normalized spacial score (nSPS) is 17.1. The van der Waals surface area contributed by atoms with E-state index >= 15 is 0 Å². The van der Waals surface area contributed by atoms with Crippen LogP contribution in [0.4, 0.5) is 5.69 Å². The molecule has 0 amide bonds. The summed E-state index contributed by atoms with van der Waals surface area (Å²) in [7, 11) is 2.09.